The van der Waals surface area contributed by atoms with E-state index >= 15 is 0 Å². The number of pyridine rings is 1. The zero-order chi connectivity index (χ0) is 10.1. The molecule has 4 nitrogen and oxygen atoms in total. The molecule has 0 N–H and O–H groups in total. The lowest BCUT2D eigenvalue weighted by atomic mass is 10.4. The van der Waals surface area contributed by atoms with Gasteiger partial charge in [-0.1, -0.05) is 0 Å². The van der Waals surface area contributed by atoms with Crippen LogP contribution < -0.4 is 0 Å². The first kappa shape index (κ1) is 10.4. The molecular formula is C6H2BrClN2O2S. The van der Waals surface area contributed by atoms with Crippen LogP contribution in [0.3, 0.4) is 0 Å². The van der Waals surface area contributed by atoms with Gasteiger partial charge >= 0.3 is 0 Å². The van der Waals surface area contributed by atoms with Gasteiger partial charge in [-0.15, -0.1) is 0 Å². The lowest BCUT2D eigenvalue weighted by molar-refractivity contribution is 0.609. The van der Waals surface area contributed by atoms with E-state index in [1.54, 1.807) is 6.07 Å². The number of aromatic nitrogens is 1. The maximum atomic E-state index is 10.9. The first-order chi connectivity index (χ1) is 5.93. The summed E-state index contributed by atoms with van der Waals surface area (Å²) in [6.45, 7) is 0. The van der Waals surface area contributed by atoms with E-state index in [4.69, 9.17) is 15.9 Å². The first-order valence-electron chi connectivity index (χ1n) is 2.96. The van der Waals surface area contributed by atoms with Gasteiger partial charge in [0.05, 0.1) is 4.90 Å². The lowest BCUT2D eigenvalue weighted by Crippen LogP contribution is -1.94. The van der Waals surface area contributed by atoms with Gasteiger partial charge in [0.2, 0.25) is 0 Å². The second kappa shape index (κ2) is 3.62. The Morgan fingerprint density at radius 1 is 1.54 bits per heavy atom. The molecule has 0 amide bonds. The van der Waals surface area contributed by atoms with Crippen LogP contribution in [0.4, 0.5) is 0 Å². The minimum absolute atomic E-state index is 0.00593. The molecule has 0 unspecified atom stereocenters. The van der Waals surface area contributed by atoms with E-state index in [1.807, 2.05) is 0 Å². The van der Waals surface area contributed by atoms with Crippen molar-refractivity contribution in [1.29, 1.82) is 5.26 Å². The van der Waals surface area contributed by atoms with Gasteiger partial charge in [0.1, 0.15) is 16.4 Å². The maximum Gasteiger partial charge on any atom is 0.261 e. The van der Waals surface area contributed by atoms with Gasteiger partial charge in [-0.3, -0.25) is 0 Å². The molecule has 0 fully saturated rings. The summed E-state index contributed by atoms with van der Waals surface area (Å²) in [6, 6.07) is 4.05. The van der Waals surface area contributed by atoms with Crippen molar-refractivity contribution in [2.75, 3.05) is 0 Å². The molecule has 7 heteroatoms. The molecule has 0 aromatic carbocycles. The number of hydrogen-bond donors (Lipinski definition) is 0. The fourth-order valence-electron chi connectivity index (χ4n) is 0.671. The summed E-state index contributed by atoms with van der Waals surface area (Å²) in [7, 11) is 1.27. The Morgan fingerprint density at radius 3 is 2.62 bits per heavy atom. The van der Waals surface area contributed by atoms with E-state index in [9.17, 15) is 8.42 Å². The van der Waals surface area contributed by atoms with Gasteiger partial charge in [0.15, 0.2) is 0 Å². The largest absolute Gasteiger partial charge is 0.261 e. The van der Waals surface area contributed by atoms with E-state index < -0.39 is 9.05 Å². The van der Waals surface area contributed by atoms with Crippen molar-refractivity contribution in [2.45, 2.75) is 4.90 Å². The minimum atomic E-state index is -3.81. The Morgan fingerprint density at radius 2 is 2.15 bits per heavy atom. The molecule has 0 aliphatic heterocycles. The van der Waals surface area contributed by atoms with E-state index in [1.165, 1.54) is 6.07 Å². The maximum absolute atomic E-state index is 10.9. The van der Waals surface area contributed by atoms with Crippen LogP contribution in [0.1, 0.15) is 5.69 Å². The molecule has 0 saturated heterocycles. The van der Waals surface area contributed by atoms with E-state index in [-0.39, 0.29) is 15.2 Å². The SMILES string of the molecule is N#Cc1cc(S(=O)(=O)Cl)cc(Br)n1. The molecule has 0 aliphatic rings. The van der Waals surface area contributed by atoms with Crippen LogP contribution in [0, 0.1) is 11.3 Å². The third-order valence-electron chi connectivity index (χ3n) is 1.16. The number of rotatable bonds is 1. The van der Waals surface area contributed by atoms with Crippen LogP contribution in [0.2, 0.25) is 0 Å². The number of hydrogen-bond acceptors (Lipinski definition) is 4. The minimum Gasteiger partial charge on any atom is -0.230 e. The van der Waals surface area contributed by atoms with Crippen LogP contribution in [-0.2, 0) is 9.05 Å². The van der Waals surface area contributed by atoms with E-state index in [2.05, 4.69) is 20.9 Å². The average molecular weight is 282 g/mol. The highest BCUT2D eigenvalue weighted by Gasteiger charge is 2.12. The molecule has 1 aromatic heterocycles. The molecule has 13 heavy (non-hydrogen) atoms. The van der Waals surface area contributed by atoms with Crippen LogP contribution in [0.15, 0.2) is 21.6 Å². The fourth-order valence-corrected chi connectivity index (χ4v) is 2.03. The standard InChI is InChI=1S/C6H2BrClN2O2S/c7-6-2-5(13(8,11)12)1-4(3-9)10-6/h1-2H. The molecule has 0 spiro atoms. The van der Waals surface area contributed by atoms with Crippen molar-refractivity contribution in [3.63, 3.8) is 0 Å². The molecule has 1 rings (SSSR count). The summed E-state index contributed by atoms with van der Waals surface area (Å²) in [5.74, 6) is 0. The van der Waals surface area contributed by atoms with Crippen LogP contribution >= 0.6 is 26.6 Å². The molecule has 0 atom stereocenters. The summed E-state index contributed by atoms with van der Waals surface area (Å²) in [5, 5.41) is 8.48. The zero-order valence-electron chi connectivity index (χ0n) is 6.03. The predicted octanol–water partition coefficient (Wildman–Crippen LogP) is 1.64. The van der Waals surface area contributed by atoms with Gasteiger partial charge < -0.3 is 0 Å². The van der Waals surface area contributed by atoms with Crippen LogP contribution in [0.25, 0.3) is 0 Å². The number of nitriles is 1. The highest BCUT2D eigenvalue weighted by Crippen LogP contribution is 2.19. The van der Waals surface area contributed by atoms with Crippen molar-refractivity contribution < 1.29 is 8.42 Å². The summed E-state index contributed by atoms with van der Waals surface area (Å²) < 4.78 is 22.0. The quantitative estimate of drug-likeness (QED) is 0.579. The Hall–Kier alpha value is -0.640. The Bertz CT molecular complexity index is 480. The van der Waals surface area contributed by atoms with Crippen molar-refractivity contribution >= 4 is 35.7 Å². The smallest absolute Gasteiger partial charge is 0.230 e. The van der Waals surface area contributed by atoms with Gasteiger partial charge in [-0.25, -0.2) is 13.4 Å². The predicted molar refractivity (Wildman–Crippen MR) is 49.7 cm³/mol. The van der Waals surface area contributed by atoms with Crippen molar-refractivity contribution in [1.82, 2.24) is 4.98 Å². The average Bonchev–Trinajstić information content (AvgIpc) is 2.01. The summed E-state index contributed by atoms with van der Waals surface area (Å²) in [6.07, 6.45) is 0. The monoisotopic (exact) mass is 280 g/mol. The molecule has 0 saturated carbocycles. The Kier molecular flexibility index (Phi) is 2.91. The third kappa shape index (κ3) is 2.66. The molecule has 0 radical (unpaired) electrons. The summed E-state index contributed by atoms with van der Waals surface area (Å²) in [4.78, 5) is 3.55. The number of halogens is 2. The fraction of sp³-hybridized carbons (Fsp3) is 0. The van der Waals surface area contributed by atoms with E-state index in [0.29, 0.717) is 0 Å². The van der Waals surface area contributed by atoms with Crippen molar-refractivity contribution in [3.05, 3.63) is 22.4 Å². The lowest BCUT2D eigenvalue weighted by Gasteiger charge is -1.96. The summed E-state index contributed by atoms with van der Waals surface area (Å²) in [5.41, 5.74) is -0.00593. The third-order valence-corrected chi connectivity index (χ3v) is 2.90. The number of nitrogens with zero attached hydrogens (tertiary/aromatic N) is 2. The second-order valence-electron chi connectivity index (χ2n) is 2.06. The Balaban J connectivity index is 3.44. The molecule has 0 aliphatic carbocycles. The van der Waals surface area contributed by atoms with Crippen molar-refractivity contribution in [3.8, 4) is 6.07 Å². The topological polar surface area (TPSA) is 70.8 Å². The molecule has 1 heterocycles. The molecular weight excluding hydrogens is 280 g/mol. The molecule has 68 valence electrons. The van der Waals surface area contributed by atoms with Gasteiger partial charge in [0.25, 0.3) is 9.05 Å². The van der Waals surface area contributed by atoms with Gasteiger partial charge in [-0.05, 0) is 28.1 Å². The van der Waals surface area contributed by atoms with Crippen LogP contribution in [-0.4, -0.2) is 13.4 Å². The normalized spacial score (nSPS) is 10.8. The van der Waals surface area contributed by atoms with E-state index in [0.717, 1.165) is 6.07 Å². The Labute approximate surface area is 87.7 Å². The zero-order valence-corrected chi connectivity index (χ0v) is 9.19. The molecule has 1 aromatic rings. The van der Waals surface area contributed by atoms with Gasteiger partial charge in [-0.2, -0.15) is 5.26 Å². The van der Waals surface area contributed by atoms with Crippen molar-refractivity contribution in [2.24, 2.45) is 0 Å². The highest BCUT2D eigenvalue weighted by atomic mass is 79.9. The van der Waals surface area contributed by atoms with Gasteiger partial charge in [0, 0.05) is 10.7 Å². The summed E-state index contributed by atoms with van der Waals surface area (Å²) >= 11 is 2.96. The second-order valence-corrected chi connectivity index (χ2v) is 5.44. The molecule has 0 bridgehead atoms. The first-order valence-corrected chi connectivity index (χ1v) is 6.06. The highest BCUT2D eigenvalue weighted by molar-refractivity contribution is 9.10. The van der Waals surface area contributed by atoms with Crippen LogP contribution in [0.5, 0.6) is 0 Å².